The molecule has 0 fully saturated rings. The van der Waals surface area contributed by atoms with Gasteiger partial charge < -0.3 is 15.8 Å². The normalized spacial score (nSPS) is 10.0. The largest absolute Gasteiger partial charge is 0.495 e. The highest BCUT2D eigenvalue weighted by molar-refractivity contribution is 14.1. The summed E-state index contributed by atoms with van der Waals surface area (Å²) in [5, 5.41) is 3.29. The van der Waals surface area contributed by atoms with E-state index in [0.717, 1.165) is 11.4 Å². The van der Waals surface area contributed by atoms with Crippen molar-refractivity contribution in [1.82, 2.24) is 0 Å². The van der Waals surface area contributed by atoms with Gasteiger partial charge in [0.1, 0.15) is 5.75 Å². The van der Waals surface area contributed by atoms with Gasteiger partial charge in [0.25, 0.3) is 0 Å². The maximum atomic E-state index is 5.76. The minimum absolute atomic E-state index is 0.640. The Labute approximate surface area is 114 Å². The number of halogens is 1. The Morgan fingerprint density at radius 2 is 1.71 bits per heavy atom. The van der Waals surface area contributed by atoms with E-state index in [2.05, 4.69) is 40.0 Å². The fourth-order valence-electron chi connectivity index (χ4n) is 1.49. The summed E-state index contributed by atoms with van der Waals surface area (Å²) in [5.41, 5.74) is 8.39. The summed E-state index contributed by atoms with van der Waals surface area (Å²) < 4.78 is 6.39. The lowest BCUT2D eigenvalue weighted by Crippen LogP contribution is -1.95. The van der Waals surface area contributed by atoms with E-state index < -0.39 is 0 Å². The molecule has 0 spiro atoms. The van der Waals surface area contributed by atoms with E-state index in [4.69, 9.17) is 10.5 Å². The maximum Gasteiger partial charge on any atom is 0.143 e. The highest BCUT2D eigenvalue weighted by atomic mass is 127. The van der Waals surface area contributed by atoms with Gasteiger partial charge in [-0.3, -0.25) is 0 Å². The van der Waals surface area contributed by atoms with Crippen LogP contribution >= 0.6 is 22.6 Å². The van der Waals surface area contributed by atoms with E-state index in [0.29, 0.717) is 11.4 Å². The number of hydrogen-bond donors (Lipinski definition) is 2. The quantitative estimate of drug-likeness (QED) is 0.663. The van der Waals surface area contributed by atoms with Crippen LogP contribution in [0.15, 0.2) is 42.5 Å². The Hall–Kier alpha value is -1.43. The molecule has 0 bridgehead atoms. The molecule has 0 heterocycles. The summed E-state index contributed by atoms with van der Waals surface area (Å²) in [7, 11) is 1.61. The molecule has 0 saturated carbocycles. The van der Waals surface area contributed by atoms with Crippen LogP contribution < -0.4 is 15.8 Å². The van der Waals surface area contributed by atoms with Crippen molar-refractivity contribution in [3.63, 3.8) is 0 Å². The number of hydrogen-bond acceptors (Lipinski definition) is 3. The number of nitrogen functional groups attached to an aromatic ring is 1. The molecule has 3 N–H and O–H groups in total. The van der Waals surface area contributed by atoms with Gasteiger partial charge >= 0.3 is 0 Å². The van der Waals surface area contributed by atoms with Gasteiger partial charge in [0.2, 0.25) is 0 Å². The van der Waals surface area contributed by atoms with Crippen molar-refractivity contribution in [2.45, 2.75) is 0 Å². The third-order valence-electron chi connectivity index (χ3n) is 2.37. The highest BCUT2D eigenvalue weighted by Crippen LogP contribution is 2.27. The number of methoxy groups -OCH3 is 1. The van der Waals surface area contributed by atoms with Crippen LogP contribution in [0.5, 0.6) is 5.75 Å². The van der Waals surface area contributed by atoms with Crippen LogP contribution in [0, 0.1) is 3.57 Å². The molecule has 4 heteroatoms. The predicted molar refractivity (Wildman–Crippen MR) is 79.8 cm³/mol. The molecule has 0 atom stereocenters. The third-order valence-corrected chi connectivity index (χ3v) is 3.09. The van der Waals surface area contributed by atoms with Crippen LogP contribution in [0.1, 0.15) is 0 Å². The Morgan fingerprint density at radius 1 is 1.06 bits per heavy atom. The van der Waals surface area contributed by atoms with Gasteiger partial charge in [-0.05, 0) is 59.0 Å². The van der Waals surface area contributed by atoms with E-state index in [1.807, 2.05) is 30.3 Å². The van der Waals surface area contributed by atoms with Crippen LogP contribution in [0.2, 0.25) is 0 Å². The molecular formula is C13H13IN2O. The molecule has 0 aliphatic heterocycles. The molecule has 2 aromatic carbocycles. The minimum atomic E-state index is 0.640. The molecule has 0 amide bonds. The number of rotatable bonds is 3. The van der Waals surface area contributed by atoms with Crippen LogP contribution in [0.3, 0.4) is 0 Å². The zero-order chi connectivity index (χ0) is 12.3. The van der Waals surface area contributed by atoms with Crippen LogP contribution in [0.25, 0.3) is 0 Å². The summed E-state index contributed by atoms with van der Waals surface area (Å²) in [5.74, 6) is 0.681. The third kappa shape index (κ3) is 3.03. The standard InChI is InChI=1S/C13H13IN2O/c1-17-13-8-11(6-7-12(13)15)16-10-4-2-9(14)3-5-10/h2-8,16H,15H2,1H3. The second-order valence-corrected chi connectivity index (χ2v) is 4.83. The number of nitrogens with two attached hydrogens (primary N) is 1. The zero-order valence-electron chi connectivity index (χ0n) is 9.41. The van der Waals surface area contributed by atoms with E-state index >= 15 is 0 Å². The lowest BCUT2D eigenvalue weighted by atomic mass is 10.2. The fourth-order valence-corrected chi connectivity index (χ4v) is 1.85. The van der Waals surface area contributed by atoms with Crippen molar-refractivity contribution in [1.29, 1.82) is 0 Å². The molecule has 2 rings (SSSR count). The molecule has 2 aromatic rings. The summed E-state index contributed by atoms with van der Waals surface area (Å²) >= 11 is 2.28. The molecule has 0 aliphatic carbocycles. The second-order valence-electron chi connectivity index (χ2n) is 3.59. The molecule has 0 unspecified atom stereocenters. The van der Waals surface area contributed by atoms with Gasteiger partial charge in [-0.2, -0.15) is 0 Å². The van der Waals surface area contributed by atoms with Gasteiger partial charge in [0, 0.05) is 21.0 Å². The molecule has 0 aromatic heterocycles. The Kier molecular flexibility index (Phi) is 3.73. The van der Waals surface area contributed by atoms with Crippen molar-refractivity contribution in [3.8, 4) is 5.75 Å². The summed E-state index contributed by atoms with van der Waals surface area (Å²) in [6.07, 6.45) is 0. The van der Waals surface area contributed by atoms with E-state index in [-0.39, 0.29) is 0 Å². The van der Waals surface area contributed by atoms with Crippen molar-refractivity contribution in [2.75, 3.05) is 18.2 Å². The highest BCUT2D eigenvalue weighted by Gasteiger charge is 2.01. The van der Waals surface area contributed by atoms with Crippen LogP contribution in [0.4, 0.5) is 17.1 Å². The Bertz CT molecular complexity index is 511. The molecule has 0 saturated heterocycles. The molecule has 3 nitrogen and oxygen atoms in total. The lowest BCUT2D eigenvalue weighted by Gasteiger charge is -2.10. The molecule has 88 valence electrons. The first-order valence-electron chi connectivity index (χ1n) is 5.15. The summed E-state index contributed by atoms with van der Waals surface area (Å²) in [4.78, 5) is 0. The van der Waals surface area contributed by atoms with Gasteiger partial charge in [-0.1, -0.05) is 0 Å². The molecule has 17 heavy (non-hydrogen) atoms. The van der Waals surface area contributed by atoms with Crippen LogP contribution in [-0.4, -0.2) is 7.11 Å². The van der Waals surface area contributed by atoms with Gasteiger partial charge in [0.15, 0.2) is 0 Å². The van der Waals surface area contributed by atoms with E-state index in [1.165, 1.54) is 3.57 Å². The van der Waals surface area contributed by atoms with Gasteiger partial charge in [-0.15, -0.1) is 0 Å². The fraction of sp³-hybridized carbons (Fsp3) is 0.0769. The number of anilines is 3. The molecule has 0 aliphatic rings. The predicted octanol–water partition coefficient (Wildman–Crippen LogP) is 3.63. The maximum absolute atomic E-state index is 5.76. The lowest BCUT2D eigenvalue weighted by molar-refractivity contribution is 0.417. The topological polar surface area (TPSA) is 47.3 Å². The molecular weight excluding hydrogens is 327 g/mol. The number of nitrogens with one attached hydrogen (secondary N) is 1. The molecule has 0 radical (unpaired) electrons. The summed E-state index contributed by atoms with van der Waals surface area (Å²) in [6.45, 7) is 0. The first-order chi connectivity index (χ1) is 8.19. The smallest absolute Gasteiger partial charge is 0.143 e. The van der Waals surface area contributed by atoms with E-state index in [1.54, 1.807) is 7.11 Å². The SMILES string of the molecule is COc1cc(Nc2ccc(I)cc2)ccc1N. The summed E-state index contributed by atoms with van der Waals surface area (Å²) in [6, 6.07) is 13.8. The first-order valence-corrected chi connectivity index (χ1v) is 6.23. The van der Waals surface area contributed by atoms with Crippen molar-refractivity contribution >= 4 is 39.7 Å². The minimum Gasteiger partial charge on any atom is -0.495 e. The first kappa shape index (κ1) is 12.0. The monoisotopic (exact) mass is 340 g/mol. The number of benzene rings is 2. The van der Waals surface area contributed by atoms with Gasteiger partial charge in [0.05, 0.1) is 12.8 Å². The van der Waals surface area contributed by atoms with Crippen molar-refractivity contribution in [2.24, 2.45) is 0 Å². The average Bonchev–Trinajstić information content (AvgIpc) is 2.34. The van der Waals surface area contributed by atoms with Gasteiger partial charge in [-0.25, -0.2) is 0 Å². The van der Waals surface area contributed by atoms with E-state index in [9.17, 15) is 0 Å². The Balaban J connectivity index is 2.21. The zero-order valence-corrected chi connectivity index (χ0v) is 11.6. The number of ether oxygens (including phenoxy) is 1. The Morgan fingerprint density at radius 3 is 2.35 bits per heavy atom. The van der Waals surface area contributed by atoms with Crippen molar-refractivity contribution in [3.05, 3.63) is 46.0 Å². The van der Waals surface area contributed by atoms with Crippen molar-refractivity contribution < 1.29 is 4.74 Å². The average molecular weight is 340 g/mol. The second kappa shape index (κ2) is 5.27. The van der Waals surface area contributed by atoms with Crippen LogP contribution in [-0.2, 0) is 0 Å².